The van der Waals surface area contributed by atoms with Crippen LogP contribution in [0.15, 0.2) is 6.07 Å². The molecule has 0 N–H and O–H groups in total. The predicted octanol–water partition coefficient (Wildman–Crippen LogP) is 2.95. The Kier molecular flexibility index (Phi) is 2.29. The number of hydrogen-bond acceptors (Lipinski definition) is 3. The molecule has 2 heterocycles. The molecule has 2 rings (SSSR count). The van der Waals surface area contributed by atoms with Crippen LogP contribution in [0.3, 0.4) is 0 Å². The second kappa shape index (κ2) is 3.33. The fourth-order valence-corrected chi connectivity index (χ4v) is 1.62. The van der Waals surface area contributed by atoms with Crippen LogP contribution in [-0.2, 0) is 0 Å². The molecule has 2 aromatic heterocycles. The average molecular weight is 228 g/mol. The molecular formula is C9H7Cl2N3. The number of aryl methyl sites for hydroxylation is 2. The molecule has 5 heteroatoms. The molecule has 0 aromatic carbocycles. The van der Waals surface area contributed by atoms with Crippen molar-refractivity contribution >= 4 is 34.2 Å². The first-order valence-electron chi connectivity index (χ1n) is 4.05. The Morgan fingerprint density at radius 1 is 1.07 bits per heavy atom. The van der Waals surface area contributed by atoms with Gasteiger partial charge in [-0.05, 0) is 37.1 Å². The van der Waals surface area contributed by atoms with Crippen LogP contribution >= 0.6 is 23.2 Å². The average Bonchev–Trinajstić information content (AvgIpc) is 2.08. The zero-order valence-corrected chi connectivity index (χ0v) is 9.19. The van der Waals surface area contributed by atoms with Gasteiger partial charge in [0.2, 0.25) is 5.28 Å². The van der Waals surface area contributed by atoms with Crippen molar-refractivity contribution in [2.75, 3.05) is 0 Å². The summed E-state index contributed by atoms with van der Waals surface area (Å²) >= 11 is 11.6. The van der Waals surface area contributed by atoms with E-state index in [0.29, 0.717) is 16.2 Å². The summed E-state index contributed by atoms with van der Waals surface area (Å²) in [5.74, 6) is 0. The molecule has 14 heavy (non-hydrogen) atoms. The van der Waals surface area contributed by atoms with Gasteiger partial charge in [0.05, 0.1) is 5.52 Å². The summed E-state index contributed by atoms with van der Waals surface area (Å²) in [5, 5.41) is 0.440. The summed E-state index contributed by atoms with van der Waals surface area (Å²) in [6.45, 7) is 3.88. The third kappa shape index (κ3) is 1.53. The van der Waals surface area contributed by atoms with E-state index in [4.69, 9.17) is 23.2 Å². The van der Waals surface area contributed by atoms with E-state index in [1.807, 2.05) is 19.9 Å². The maximum atomic E-state index is 5.89. The minimum atomic E-state index is 0.146. The second-order valence-corrected chi connectivity index (χ2v) is 3.74. The Labute approximate surface area is 91.1 Å². The molecule has 0 aliphatic heterocycles. The summed E-state index contributed by atoms with van der Waals surface area (Å²) in [5.41, 5.74) is 3.26. The minimum Gasteiger partial charge on any atom is -0.248 e. The zero-order valence-electron chi connectivity index (χ0n) is 7.67. The van der Waals surface area contributed by atoms with Crippen LogP contribution in [0.4, 0.5) is 0 Å². The van der Waals surface area contributed by atoms with E-state index in [0.717, 1.165) is 11.3 Å². The van der Waals surface area contributed by atoms with Crippen LogP contribution in [0, 0.1) is 13.8 Å². The lowest BCUT2D eigenvalue weighted by atomic mass is 10.2. The Morgan fingerprint density at radius 3 is 2.50 bits per heavy atom. The first kappa shape index (κ1) is 9.62. The van der Waals surface area contributed by atoms with Gasteiger partial charge in [-0.1, -0.05) is 11.6 Å². The molecule has 0 radical (unpaired) electrons. The van der Waals surface area contributed by atoms with Crippen molar-refractivity contribution in [1.82, 2.24) is 15.0 Å². The quantitative estimate of drug-likeness (QED) is 0.514. The van der Waals surface area contributed by atoms with Gasteiger partial charge >= 0.3 is 0 Å². The lowest BCUT2D eigenvalue weighted by molar-refractivity contribution is 1.14. The van der Waals surface area contributed by atoms with Crippen molar-refractivity contribution in [2.45, 2.75) is 13.8 Å². The normalized spacial score (nSPS) is 10.9. The predicted molar refractivity (Wildman–Crippen MR) is 56.8 cm³/mol. The molecule has 2 aromatic rings. The van der Waals surface area contributed by atoms with Crippen molar-refractivity contribution < 1.29 is 0 Å². The SMILES string of the molecule is Cc1cc2nc(Cl)nc(Cl)c2nc1C. The lowest BCUT2D eigenvalue weighted by Gasteiger charge is -2.03. The third-order valence-electron chi connectivity index (χ3n) is 2.04. The van der Waals surface area contributed by atoms with E-state index in [-0.39, 0.29) is 5.28 Å². The molecule has 72 valence electrons. The molecule has 0 aliphatic rings. The van der Waals surface area contributed by atoms with Gasteiger partial charge in [-0.25, -0.2) is 15.0 Å². The van der Waals surface area contributed by atoms with Crippen molar-refractivity contribution in [3.63, 3.8) is 0 Å². The zero-order chi connectivity index (χ0) is 10.3. The molecular weight excluding hydrogens is 221 g/mol. The van der Waals surface area contributed by atoms with Gasteiger partial charge in [-0.3, -0.25) is 0 Å². The maximum absolute atomic E-state index is 5.89. The van der Waals surface area contributed by atoms with Gasteiger partial charge < -0.3 is 0 Å². The highest BCUT2D eigenvalue weighted by atomic mass is 35.5. The molecule has 0 amide bonds. The number of halogens is 2. The lowest BCUT2D eigenvalue weighted by Crippen LogP contribution is -1.93. The first-order valence-corrected chi connectivity index (χ1v) is 4.80. The standard InChI is InChI=1S/C9H7Cl2N3/c1-4-3-6-7(12-5(4)2)8(10)14-9(11)13-6/h3H,1-2H3. The van der Waals surface area contributed by atoms with Gasteiger partial charge in [0, 0.05) is 5.69 Å². The summed E-state index contributed by atoms with van der Waals surface area (Å²) in [6, 6.07) is 1.90. The Balaban J connectivity index is 2.89. The Morgan fingerprint density at radius 2 is 1.79 bits per heavy atom. The highest BCUT2D eigenvalue weighted by molar-refractivity contribution is 6.35. The first-order chi connectivity index (χ1) is 6.58. The van der Waals surface area contributed by atoms with E-state index >= 15 is 0 Å². The van der Waals surface area contributed by atoms with Crippen molar-refractivity contribution in [1.29, 1.82) is 0 Å². The molecule has 0 unspecified atom stereocenters. The Bertz CT molecular complexity index is 511. The van der Waals surface area contributed by atoms with Gasteiger partial charge in [0.15, 0.2) is 5.15 Å². The number of aromatic nitrogens is 3. The molecule has 0 fully saturated rings. The summed E-state index contributed by atoms with van der Waals surface area (Å²) in [7, 11) is 0. The van der Waals surface area contributed by atoms with Crippen LogP contribution in [0.2, 0.25) is 10.4 Å². The van der Waals surface area contributed by atoms with E-state index < -0.39 is 0 Å². The van der Waals surface area contributed by atoms with Crippen LogP contribution in [0.5, 0.6) is 0 Å². The summed E-state index contributed by atoms with van der Waals surface area (Å²) < 4.78 is 0. The monoisotopic (exact) mass is 227 g/mol. The number of nitrogens with zero attached hydrogens (tertiary/aromatic N) is 3. The number of pyridine rings is 1. The number of fused-ring (bicyclic) bond motifs is 1. The molecule has 0 atom stereocenters. The summed E-state index contributed by atoms with van der Waals surface area (Å²) in [6.07, 6.45) is 0. The van der Waals surface area contributed by atoms with E-state index in [1.165, 1.54) is 0 Å². The van der Waals surface area contributed by atoms with Crippen LogP contribution in [-0.4, -0.2) is 15.0 Å². The fourth-order valence-electron chi connectivity index (χ4n) is 1.19. The van der Waals surface area contributed by atoms with Crippen LogP contribution in [0.1, 0.15) is 11.3 Å². The van der Waals surface area contributed by atoms with Crippen molar-refractivity contribution in [2.24, 2.45) is 0 Å². The third-order valence-corrected chi connectivity index (χ3v) is 2.48. The number of hydrogen-bond donors (Lipinski definition) is 0. The van der Waals surface area contributed by atoms with Gasteiger partial charge in [-0.15, -0.1) is 0 Å². The van der Waals surface area contributed by atoms with E-state index in [9.17, 15) is 0 Å². The van der Waals surface area contributed by atoms with Gasteiger partial charge in [0.1, 0.15) is 5.52 Å². The van der Waals surface area contributed by atoms with E-state index in [2.05, 4.69) is 15.0 Å². The second-order valence-electron chi connectivity index (χ2n) is 3.04. The highest BCUT2D eigenvalue weighted by Gasteiger charge is 2.07. The highest BCUT2D eigenvalue weighted by Crippen LogP contribution is 2.21. The molecule has 0 saturated heterocycles. The van der Waals surface area contributed by atoms with Gasteiger partial charge in [-0.2, -0.15) is 0 Å². The maximum Gasteiger partial charge on any atom is 0.224 e. The Hall–Kier alpha value is -0.930. The number of rotatable bonds is 0. The van der Waals surface area contributed by atoms with Gasteiger partial charge in [0.25, 0.3) is 0 Å². The summed E-state index contributed by atoms with van der Waals surface area (Å²) in [4.78, 5) is 12.2. The fraction of sp³-hybridized carbons (Fsp3) is 0.222. The molecule has 3 nitrogen and oxygen atoms in total. The molecule has 0 spiro atoms. The molecule has 0 saturated carbocycles. The van der Waals surface area contributed by atoms with Crippen molar-refractivity contribution in [3.05, 3.63) is 27.8 Å². The smallest absolute Gasteiger partial charge is 0.224 e. The molecule has 0 bridgehead atoms. The van der Waals surface area contributed by atoms with Crippen LogP contribution < -0.4 is 0 Å². The topological polar surface area (TPSA) is 38.7 Å². The van der Waals surface area contributed by atoms with Crippen molar-refractivity contribution in [3.8, 4) is 0 Å². The minimum absolute atomic E-state index is 0.146. The largest absolute Gasteiger partial charge is 0.248 e. The van der Waals surface area contributed by atoms with Crippen LogP contribution in [0.25, 0.3) is 11.0 Å². The molecule has 0 aliphatic carbocycles. The van der Waals surface area contributed by atoms with E-state index in [1.54, 1.807) is 0 Å².